The molecule has 0 unspecified atom stereocenters. The van der Waals surface area contributed by atoms with E-state index < -0.39 is 12.6 Å². The van der Waals surface area contributed by atoms with Crippen LogP contribution in [0.2, 0.25) is 0 Å². The van der Waals surface area contributed by atoms with Crippen LogP contribution in [0.4, 0.5) is 4.39 Å². The van der Waals surface area contributed by atoms with Gasteiger partial charge in [-0.25, -0.2) is 9.18 Å². The van der Waals surface area contributed by atoms with Gasteiger partial charge in [-0.05, 0) is 61.7 Å². The van der Waals surface area contributed by atoms with Crippen LogP contribution in [0.25, 0.3) is 22.7 Å². The first-order chi connectivity index (χ1) is 15.8. The quantitative estimate of drug-likeness (QED) is 0.269. The van der Waals surface area contributed by atoms with Gasteiger partial charge in [0.1, 0.15) is 5.82 Å². The molecule has 0 aliphatic carbocycles. The van der Waals surface area contributed by atoms with E-state index in [-0.39, 0.29) is 17.2 Å². The maximum absolute atomic E-state index is 13.6. The SMILES string of the molecule is Cc1cc(C(=O)COC(=O)/C=C/c2cc3ccccc3[nH]c2=O)c(C)n1-c1cccc(F)c1. The summed E-state index contributed by atoms with van der Waals surface area (Å²) in [4.78, 5) is 39.7. The molecule has 0 fully saturated rings. The summed E-state index contributed by atoms with van der Waals surface area (Å²) in [6.45, 7) is 3.11. The zero-order valence-electron chi connectivity index (χ0n) is 18.1. The van der Waals surface area contributed by atoms with Crippen LogP contribution in [-0.4, -0.2) is 27.9 Å². The normalized spacial score (nSPS) is 11.2. The fourth-order valence-electron chi connectivity index (χ4n) is 3.77. The molecular formula is C26H21FN2O4. The highest BCUT2D eigenvalue weighted by Gasteiger charge is 2.18. The minimum absolute atomic E-state index is 0.301. The molecule has 0 spiro atoms. The number of hydrogen-bond acceptors (Lipinski definition) is 4. The van der Waals surface area contributed by atoms with Gasteiger partial charge in [0.2, 0.25) is 5.78 Å². The predicted octanol–water partition coefficient (Wildman–Crippen LogP) is 4.51. The Hall–Kier alpha value is -4.26. The second-order valence-corrected chi connectivity index (χ2v) is 7.61. The lowest BCUT2D eigenvalue weighted by molar-refractivity contribution is -0.136. The van der Waals surface area contributed by atoms with E-state index in [0.29, 0.717) is 28.0 Å². The first-order valence-electron chi connectivity index (χ1n) is 10.3. The third kappa shape index (κ3) is 4.67. The van der Waals surface area contributed by atoms with Crippen LogP contribution < -0.4 is 5.56 Å². The summed E-state index contributed by atoms with van der Waals surface area (Å²) >= 11 is 0. The van der Waals surface area contributed by atoms with E-state index in [0.717, 1.165) is 17.2 Å². The van der Waals surface area contributed by atoms with E-state index in [1.54, 1.807) is 41.8 Å². The van der Waals surface area contributed by atoms with Gasteiger partial charge in [0.05, 0.1) is 0 Å². The monoisotopic (exact) mass is 444 g/mol. The average Bonchev–Trinajstić information content (AvgIpc) is 3.09. The molecule has 0 aliphatic heterocycles. The lowest BCUT2D eigenvalue weighted by atomic mass is 10.1. The average molecular weight is 444 g/mol. The number of H-pyrrole nitrogens is 1. The first-order valence-corrected chi connectivity index (χ1v) is 10.3. The fraction of sp³-hybridized carbons (Fsp3) is 0.115. The van der Waals surface area contributed by atoms with Gasteiger partial charge in [-0.3, -0.25) is 9.59 Å². The highest BCUT2D eigenvalue weighted by molar-refractivity contribution is 6.00. The summed E-state index contributed by atoms with van der Waals surface area (Å²) in [5.74, 6) is -1.50. The minimum Gasteiger partial charge on any atom is -0.454 e. The second kappa shape index (κ2) is 9.08. The number of halogens is 1. The van der Waals surface area contributed by atoms with Crippen molar-refractivity contribution < 1.29 is 18.7 Å². The molecule has 4 rings (SSSR count). The molecular weight excluding hydrogens is 423 g/mol. The Morgan fingerprint density at radius 2 is 1.85 bits per heavy atom. The molecule has 2 aromatic heterocycles. The molecule has 2 heterocycles. The molecule has 2 aromatic carbocycles. The van der Waals surface area contributed by atoms with Crippen LogP contribution >= 0.6 is 0 Å². The topological polar surface area (TPSA) is 81.2 Å². The van der Waals surface area contributed by atoms with Crippen LogP contribution in [0, 0.1) is 19.7 Å². The number of aromatic amines is 1. The first kappa shape index (κ1) is 22.0. The van der Waals surface area contributed by atoms with Crippen LogP contribution in [0.15, 0.2) is 71.5 Å². The molecule has 0 saturated carbocycles. The van der Waals surface area contributed by atoms with Crippen molar-refractivity contribution in [3.63, 3.8) is 0 Å². The number of nitrogens with zero attached hydrogens (tertiary/aromatic N) is 1. The van der Waals surface area contributed by atoms with Crippen molar-refractivity contribution in [3.8, 4) is 5.69 Å². The lowest BCUT2D eigenvalue weighted by Crippen LogP contribution is -2.14. The number of hydrogen-bond donors (Lipinski definition) is 1. The molecule has 0 radical (unpaired) electrons. The van der Waals surface area contributed by atoms with Crippen molar-refractivity contribution in [1.29, 1.82) is 0 Å². The number of Topliss-reactive ketones (excluding diaryl/α,β-unsaturated/α-hetero) is 1. The van der Waals surface area contributed by atoms with Crippen molar-refractivity contribution in [3.05, 3.63) is 105 Å². The van der Waals surface area contributed by atoms with Gasteiger partial charge in [0.25, 0.3) is 5.56 Å². The third-order valence-electron chi connectivity index (χ3n) is 5.32. The largest absolute Gasteiger partial charge is 0.454 e. The summed E-state index contributed by atoms with van der Waals surface area (Å²) < 4.78 is 20.5. The highest BCUT2D eigenvalue weighted by Crippen LogP contribution is 2.22. The number of fused-ring (bicyclic) bond motifs is 1. The van der Waals surface area contributed by atoms with Crippen LogP contribution in [-0.2, 0) is 9.53 Å². The number of benzene rings is 2. The van der Waals surface area contributed by atoms with Gasteiger partial charge in [0, 0.05) is 39.8 Å². The van der Waals surface area contributed by atoms with E-state index in [4.69, 9.17) is 4.74 Å². The van der Waals surface area contributed by atoms with E-state index in [1.807, 2.05) is 25.1 Å². The number of carbonyl (C=O) groups is 2. The molecule has 7 heteroatoms. The van der Waals surface area contributed by atoms with Crippen LogP contribution in [0.1, 0.15) is 27.3 Å². The maximum atomic E-state index is 13.6. The number of pyridine rings is 1. The van der Waals surface area contributed by atoms with Crippen molar-refractivity contribution >= 4 is 28.7 Å². The van der Waals surface area contributed by atoms with E-state index in [2.05, 4.69) is 4.98 Å². The Bertz CT molecular complexity index is 1460. The Balaban J connectivity index is 1.45. The van der Waals surface area contributed by atoms with Crippen molar-refractivity contribution in [2.75, 3.05) is 6.61 Å². The van der Waals surface area contributed by atoms with E-state index >= 15 is 0 Å². The molecule has 0 aliphatic rings. The summed E-state index contributed by atoms with van der Waals surface area (Å²) in [7, 11) is 0. The van der Waals surface area contributed by atoms with Crippen molar-refractivity contribution in [2.24, 2.45) is 0 Å². The van der Waals surface area contributed by atoms with E-state index in [9.17, 15) is 18.8 Å². The van der Waals surface area contributed by atoms with Gasteiger partial charge in [-0.15, -0.1) is 0 Å². The van der Waals surface area contributed by atoms with Crippen molar-refractivity contribution in [2.45, 2.75) is 13.8 Å². The number of ether oxygens (including phenoxy) is 1. The Kier molecular flexibility index (Phi) is 6.04. The van der Waals surface area contributed by atoms with Gasteiger partial charge in [-0.2, -0.15) is 0 Å². The number of para-hydroxylation sites is 1. The summed E-state index contributed by atoms with van der Waals surface area (Å²) in [5.41, 5.74) is 3.03. The minimum atomic E-state index is -0.741. The number of aryl methyl sites for hydroxylation is 1. The number of ketones is 1. The molecule has 0 atom stereocenters. The van der Waals surface area contributed by atoms with Gasteiger partial charge >= 0.3 is 5.97 Å². The zero-order valence-corrected chi connectivity index (χ0v) is 18.1. The molecule has 1 N–H and O–H groups in total. The fourth-order valence-corrected chi connectivity index (χ4v) is 3.77. The Labute approximate surface area is 188 Å². The smallest absolute Gasteiger partial charge is 0.331 e. The molecule has 0 saturated heterocycles. The number of aromatic nitrogens is 2. The maximum Gasteiger partial charge on any atom is 0.331 e. The van der Waals surface area contributed by atoms with Crippen LogP contribution in [0.3, 0.4) is 0 Å². The number of carbonyl (C=O) groups excluding carboxylic acids is 2. The third-order valence-corrected chi connectivity index (χ3v) is 5.32. The molecule has 0 amide bonds. The number of rotatable bonds is 6. The standard InChI is InChI=1S/C26H21FN2O4/c1-16-12-22(17(2)29(16)21-8-5-7-20(27)14-21)24(30)15-33-25(31)11-10-19-13-18-6-3-4-9-23(18)28-26(19)32/h3-14H,15H2,1-2H3,(H,28,32)/b11-10+. The Morgan fingerprint density at radius 3 is 2.64 bits per heavy atom. The van der Waals surface area contributed by atoms with Crippen LogP contribution in [0.5, 0.6) is 0 Å². The van der Waals surface area contributed by atoms with Crippen molar-refractivity contribution in [1.82, 2.24) is 9.55 Å². The lowest BCUT2D eigenvalue weighted by Gasteiger charge is -2.10. The van der Waals surface area contributed by atoms with Gasteiger partial charge in [0.15, 0.2) is 6.61 Å². The molecule has 33 heavy (non-hydrogen) atoms. The summed E-state index contributed by atoms with van der Waals surface area (Å²) in [6, 6.07) is 16.7. The molecule has 166 valence electrons. The summed E-state index contributed by atoms with van der Waals surface area (Å²) in [5, 5.41) is 0.828. The van der Waals surface area contributed by atoms with Gasteiger partial charge in [-0.1, -0.05) is 24.3 Å². The predicted molar refractivity (Wildman–Crippen MR) is 124 cm³/mol. The molecule has 4 aromatic rings. The number of esters is 1. The second-order valence-electron chi connectivity index (χ2n) is 7.61. The van der Waals surface area contributed by atoms with Gasteiger partial charge < -0.3 is 14.3 Å². The zero-order chi connectivity index (χ0) is 23.5. The summed E-state index contributed by atoms with van der Waals surface area (Å²) in [6.07, 6.45) is 2.47. The molecule has 0 bridgehead atoms. The van der Waals surface area contributed by atoms with E-state index in [1.165, 1.54) is 18.2 Å². The molecule has 6 nitrogen and oxygen atoms in total. The Morgan fingerprint density at radius 1 is 1.06 bits per heavy atom. The number of nitrogens with one attached hydrogen (secondary N) is 1. The highest BCUT2D eigenvalue weighted by atomic mass is 19.1.